The maximum absolute atomic E-state index is 14.4. The predicted molar refractivity (Wildman–Crippen MR) is 231 cm³/mol. The Morgan fingerprint density at radius 1 is 1.09 bits per heavy atom. The number of carbonyl (C=O) groups excluding carboxylic acids is 3. The normalized spacial score (nSPS) is 24.4. The fourth-order valence-corrected chi connectivity index (χ4v) is 10.4. The average molecular weight is 891 g/mol. The van der Waals surface area contributed by atoms with E-state index in [0.717, 1.165) is 38.6 Å². The first-order valence-corrected chi connectivity index (χ1v) is 22.2. The van der Waals surface area contributed by atoms with Crippen LogP contribution in [0.3, 0.4) is 0 Å². The van der Waals surface area contributed by atoms with Crippen LogP contribution in [0, 0.1) is 24.3 Å². The van der Waals surface area contributed by atoms with E-state index in [9.17, 15) is 28.0 Å². The van der Waals surface area contributed by atoms with Crippen molar-refractivity contribution in [3.63, 3.8) is 0 Å². The standard InChI is InChI=1S/C45H48F2N12O6/c1-48-41(55-17-14-30(15-18-55)64-20-4-6-26-5-3-7-34-39(26)54(2)45(63)59(34)35-12-13-37(60)52-44(35)62)27-8-10-28(11-9-27)58-24-33(38(53-58)40(46)47)50-43(61)32-22-49-57-19-16-36(51-42(32)57)56-23-31-21-29(56)25-65-31/h3,5,7,16,19,22,24,27-31,35,40-41H,8-15,17-18,20-21,23,25H2,2H3,(H,50,61)(H,52,60,62)/t27?,28?,29-,31-,35?,41?/m1/s1. The molecular weight excluding hydrogens is 843 g/mol. The van der Waals surface area contributed by atoms with Crippen molar-refractivity contribution in [1.82, 2.24) is 43.7 Å². The molecule has 5 aliphatic rings. The molecule has 2 unspecified atom stereocenters. The molecule has 5 fully saturated rings. The van der Waals surface area contributed by atoms with Crippen LogP contribution < -0.4 is 21.2 Å². The van der Waals surface area contributed by atoms with Crippen molar-refractivity contribution >= 4 is 45.9 Å². The summed E-state index contributed by atoms with van der Waals surface area (Å²) in [5, 5.41) is 13.5. The highest BCUT2D eigenvalue weighted by atomic mass is 19.3. The molecule has 2 bridgehead atoms. The second-order valence-electron chi connectivity index (χ2n) is 17.6. The number of benzene rings is 1. The SMILES string of the molecule is [C-]#[N+]C(C1CCC(n2cc(NC(=O)c3cnn4ccc(N5C[C@H]6C[C@@H]5CO6)nc34)c(C(F)F)n2)CC1)N1CCC(OCC#Cc2cccc3c2n(C)c(=O)n3C2CCC(=O)NC2=O)CC1. The number of aryl methyl sites for hydroxylation is 1. The van der Waals surface area contributed by atoms with Gasteiger partial charge in [-0.05, 0) is 69.6 Å². The van der Waals surface area contributed by atoms with Crippen molar-refractivity contribution in [2.45, 2.75) is 101 Å². The van der Waals surface area contributed by atoms with E-state index in [2.05, 4.69) is 47.3 Å². The molecule has 2 N–H and O–H groups in total. The van der Waals surface area contributed by atoms with Crippen LogP contribution in [-0.4, -0.2) is 113 Å². The van der Waals surface area contributed by atoms with Crippen LogP contribution in [0.4, 0.5) is 20.3 Å². The molecule has 4 aliphatic heterocycles. The average Bonchev–Trinajstić information content (AvgIpc) is 4.16. The lowest BCUT2D eigenvalue weighted by Crippen LogP contribution is -2.46. The number of likely N-dealkylation sites (tertiary alicyclic amines) is 1. The summed E-state index contributed by atoms with van der Waals surface area (Å²) < 4.78 is 46.5. The number of alkyl halides is 2. The molecule has 3 amide bonds. The monoisotopic (exact) mass is 890 g/mol. The van der Waals surface area contributed by atoms with Gasteiger partial charge in [0.05, 0.1) is 59.4 Å². The number of ether oxygens (including phenoxy) is 2. The van der Waals surface area contributed by atoms with E-state index in [0.29, 0.717) is 60.6 Å². The molecule has 1 saturated carbocycles. The van der Waals surface area contributed by atoms with E-state index < -0.39 is 30.0 Å². The highest BCUT2D eigenvalue weighted by Gasteiger charge is 2.41. The second kappa shape index (κ2) is 17.5. The van der Waals surface area contributed by atoms with Gasteiger partial charge in [-0.25, -0.2) is 34.5 Å². The fraction of sp³-hybridized carbons (Fsp3) is 0.511. The zero-order valence-corrected chi connectivity index (χ0v) is 35.7. The van der Waals surface area contributed by atoms with Crippen molar-refractivity contribution in [2.24, 2.45) is 13.0 Å². The summed E-state index contributed by atoms with van der Waals surface area (Å²) in [5.74, 6) is 5.60. The van der Waals surface area contributed by atoms with Gasteiger partial charge >= 0.3 is 5.69 Å². The van der Waals surface area contributed by atoms with E-state index in [1.165, 1.54) is 26.0 Å². The van der Waals surface area contributed by atoms with Crippen LogP contribution in [-0.2, 0) is 26.1 Å². The Kier molecular flexibility index (Phi) is 11.4. The highest BCUT2D eigenvalue weighted by molar-refractivity contribution is 6.08. The van der Waals surface area contributed by atoms with Crippen molar-refractivity contribution in [3.8, 4) is 11.8 Å². The summed E-state index contributed by atoms with van der Waals surface area (Å²) >= 11 is 0. The first-order valence-electron chi connectivity index (χ1n) is 22.2. The lowest BCUT2D eigenvalue weighted by Gasteiger charge is -2.36. The van der Waals surface area contributed by atoms with Gasteiger partial charge in [-0.2, -0.15) is 10.2 Å². The van der Waals surface area contributed by atoms with Crippen LogP contribution in [0.2, 0.25) is 0 Å². The number of hydrogen-bond acceptors (Lipinski definition) is 11. The summed E-state index contributed by atoms with van der Waals surface area (Å²) in [6.07, 6.45) is 7.09. The zero-order chi connectivity index (χ0) is 44.9. The number of amides is 3. The Balaban J connectivity index is 0.724. The minimum absolute atomic E-state index is 0.0305. The largest absolute Gasteiger partial charge is 0.374 e. The molecule has 5 aromatic rings. The third-order valence-corrected chi connectivity index (χ3v) is 13.8. The molecular formula is C45H48F2N12O6. The molecule has 338 valence electrons. The Morgan fingerprint density at radius 3 is 2.63 bits per heavy atom. The van der Waals surface area contributed by atoms with Crippen molar-refractivity contribution in [3.05, 3.63) is 81.6 Å². The summed E-state index contributed by atoms with van der Waals surface area (Å²) in [6, 6.07) is 6.51. The molecule has 8 heterocycles. The van der Waals surface area contributed by atoms with E-state index >= 15 is 0 Å². The Bertz CT molecular complexity index is 2830. The number of carbonyl (C=O) groups is 3. The number of anilines is 2. The molecule has 4 saturated heterocycles. The first-order chi connectivity index (χ1) is 31.5. The number of piperidine rings is 2. The molecule has 0 spiro atoms. The second-order valence-corrected chi connectivity index (χ2v) is 17.6. The maximum Gasteiger partial charge on any atom is 0.329 e. The molecule has 10 rings (SSSR count). The molecule has 1 aromatic carbocycles. The topological polar surface area (TPSA) is 180 Å². The molecule has 4 atom stereocenters. The van der Waals surface area contributed by atoms with Crippen molar-refractivity contribution < 1.29 is 32.6 Å². The van der Waals surface area contributed by atoms with Gasteiger partial charge in [-0.1, -0.05) is 17.9 Å². The molecule has 4 aromatic heterocycles. The number of hydrogen-bond donors (Lipinski definition) is 2. The quantitative estimate of drug-likeness (QED) is 0.117. The molecule has 20 heteroatoms. The number of para-hydroxylation sites is 1. The van der Waals surface area contributed by atoms with Gasteiger partial charge < -0.3 is 19.7 Å². The van der Waals surface area contributed by atoms with Gasteiger partial charge in [0, 0.05) is 51.4 Å². The molecule has 65 heavy (non-hydrogen) atoms. The number of rotatable bonds is 10. The lowest BCUT2D eigenvalue weighted by molar-refractivity contribution is -0.135. The number of aromatic nitrogens is 7. The van der Waals surface area contributed by atoms with Gasteiger partial charge in [0.25, 0.3) is 18.5 Å². The van der Waals surface area contributed by atoms with Gasteiger partial charge in [0.1, 0.15) is 24.0 Å². The number of imidazole rings is 1. The van der Waals surface area contributed by atoms with E-state index in [4.69, 9.17) is 21.0 Å². The Hall–Kier alpha value is -6.48. The zero-order valence-electron chi connectivity index (χ0n) is 35.7. The highest BCUT2D eigenvalue weighted by Crippen LogP contribution is 2.39. The van der Waals surface area contributed by atoms with Crippen molar-refractivity contribution in [2.75, 3.05) is 43.1 Å². The third kappa shape index (κ3) is 8.04. The minimum Gasteiger partial charge on any atom is -0.374 e. The molecule has 0 radical (unpaired) electrons. The van der Waals surface area contributed by atoms with Crippen LogP contribution in [0.25, 0.3) is 21.5 Å². The van der Waals surface area contributed by atoms with Crippen molar-refractivity contribution in [1.29, 1.82) is 0 Å². The summed E-state index contributed by atoms with van der Waals surface area (Å²) in [6.45, 7) is 11.0. The van der Waals surface area contributed by atoms with E-state index in [1.54, 1.807) is 30.1 Å². The Labute approximate surface area is 371 Å². The van der Waals surface area contributed by atoms with Crippen LogP contribution in [0.15, 0.2) is 47.7 Å². The number of nitrogens with zero attached hydrogens (tertiary/aromatic N) is 10. The minimum atomic E-state index is -2.91. The molecule has 18 nitrogen and oxygen atoms in total. The lowest BCUT2D eigenvalue weighted by atomic mass is 9.83. The summed E-state index contributed by atoms with van der Waals surface area (Å²) in [5.41, 5.74) is 1.37. The number of nitrogens with one attached hydrogen (secondary N) is 2. The van der Waals surface area contributed by atoms with Gasteiger partial charge in [-0.3, -0.25) is 38.4 Å². The predicted octanol–water partition coefficient (Wildman–Crippen LogP) is 4.23. The number of imide groups is 1. The van der Waals surface area contributed by atoms with Crippen LogP contribution >= 0.6 is 0 Å². The van der Waals surface area contributed by atoms with E-state index in [1.807, 2.05) is 12.1 Å². The fourth-order valence-electron chi connectivity index (χ4n) is 10.4. The van der Waals surface area contributed by atoms with Gasteiger partial charge in [0.15, 0.2) is 11.3 Å². The third-order valence-electron chi connectivity index (χ3n) is 13.8. The number of morpholine rings is 1. The maximum atomic E-state index is 14.4. The van der Waals surface area contributed by atoms with Gasteiger partial charge in [-0.15, -0.1) is 0 Å². The summed E-state index contributed by atoms with van der Waals surface area (Å²) in [4.78, 5) is 64.4. The van der Waals surface area contributed by atoms with Gasteiger partial charge in [0.2, 0.25) is 11.8 Å². The Morgan fingerprint density at radius 2 is 1.91 bits per heavy atom. The molecule has 1 aliphatic carbocycles. The smallest absolute Gasteiger partial charge is 0.329 e. The summed E-state index contributed by atoms with van der Waals surface area (Å²) in [7, 11) is 1.64. The number of halogens is 2. The van der Waals surface area contributed by atoms with Crippen LogP contribution in [0.1, 0.15) is 97.9 Å². The van der Waals surface area contributed by atoms with E-state index in [-0.39, 0.29) is 78.7 Å². The number of fused-ring (bicyclic) bond motifs is 4. The van der Waals surface area contributed by atoms with Crippen LogP contribution in [0.5, 0.6) is 0 Å². The first kappa shape index (κ1) is 42.5.